The van der Waals surface area contributed by atoms with E-state index in [0.29, 0.717) is 5.57 Å². The van der Waals surface area contributed by atoms with E-state index in [-0.39, 0.29) is 17.6 Å². The van der Waals surface area contributed by atoms with Gasteiger partial charge in [-0.25, -0.2) is 9.59 Å². The number of ether oxygens (including phenoxy) is 3. The fourth-order valence-electron chi connectivity index (χ4n) is 5.49. The number of aliphatic hydroxyl groups excluding tert-OH is 1. The molecule has 0 aromatic rings. The van der Waals surface area contributed by atoms with Crippen LogP contribution in [0.1, 0.15) is 40.5 Å². The molecule has 6 nitrogen and oxygen atoms in total. The molecule has 2 saturated heterocycles. The zero-order valence-corrected chi connectivity index (χ0v) is 15.7. The van der Waals surface area contributed by atoms with Gasteiger partial charge in [-0.2, -0.15) is 0 Å². The van der Waals surface area contributed by atoms with Gasteiger partial charge in [-0.15, -0.1) is 0 Å². The molecule has 4 aliphatic rings. The zero-order chi connectivity index (χ0) is 19.0. The smallest absolute Gasteiger partial charge is 0.334 e. The van der Waals surface area contributed by atoms with E-state index in [1.54, 1.807) is 19.9 Å². The number of allylic oxidation sites excluding steroid dienone is 1. The minimum Gasteiger partial charge on any atom is -0.458 e. The summed E-state index contributed by atoms with van der Waals surface area (Å²) in [5.74, 6) is -1.68. The number of epoxide rings is 1. The van der Waals surface area contributed by atoms with Crippen molar-refractivity contribution in [1.29, 1.82) is 0 Å². The second-order valence-corrected chi connectivity index (χ2v) is 8.52. The molecule has 2 aliphatic heterocycles. The lowest BCUT2D eigenvalue weighted by Gasteiger charge is -2.55. The van der Waals surface area contributed by atoms with Gasteiger partial charge in [0.05, 0.1) is 23.7 Å². The van der Waals surface area contributed by atoms with Gasteiger partial charge in [0.15, 0.2) is 0 Å². The van der Waals surface area contributed by atoms with Crippen LogP contribution in [0.2, 0.25) is 0 Å². The van der Waals surface area contributed by atoms with Crippen LogP contribution in [0.15, 0.2) is 23.8 Å². The van der Waals surface area contributed by atoms with E-state index in [4.69, 9.17) is 14.2 Å². The van der Waals surface area contributed by atoms with Crippen molar-refractivity contribution in [2.24, 2.45) is 17.3 Å². The van der Waals surface area contributed by atoms with Crippen molar-refractivity contribution in [1.82, 2.24) is 0 Å². The molecule has 0 aromatic heterocycles. The molecule has 26 heavy (non-hydrogen) atoms. The van der Waals surface area contributed by atoms with Crippen LogP contribution in [0.25, 0.3) is 0 Å². The summed E-state index contributed by atoms with van der Waals surface area (Å²) in [4.78, 5) is 24.7. The maximum absolute atomic E-state index is 12.4. The molecular weight excluding hydrogens is 336 g/mol. The highest BCUT2D eigenvalue weighted by Gasteiger charge is 2.75. The first-order valence-corrected chi connectivity index (χ1v) is 9.24. The van der Waals surface area contributed by atoms with Gasteiger partial charge in [-0.3, -0.25) is 0 Å². The average Bonchev–Trinajstić information content (AvgIpc) is 3.19. The molecule has 0 radical (unpaired) electrons. The second kappa shape index (κ2) is 5.42. The van der Waals surface area contributed by atoms with Gasteiger partial charge in [-0.1, -0.05) is 19.6 Å². The first kappa shape index (κ1) is 17.7. The van der Waals surface area contributed by atoms with Crippen molar-refractivity contribution in [3.05, 3.63) is 23.8 Å². The van der Waals surface area contributed by atoms with E-state index in [0.717, 1.165) is 12.8 Å². The van der Waals surface area contributed by atoms with Gasteiger partial charge < -0.3 is 19.3 Å². The SMILES string of the molecule is C=C1C(=O)O[C@@H]2[C@H]1[C@H](OC(=O)/C(C)=C/C)[C@@H](O)[C@@]1(C)CC[C@H]3O[C@@]3(C)[C@H]21. The van der Waals surface area contributed by atoms with Gasteiger partial charge in [0, 0.05) is 22.5 Å². The molecule has 4 fully saturated rings. The van der Waals surface area contributed by atoms with Gasteiger partial charge in [-0.05, 0) is 33.6 Å². The molecule has 142 valence electrons. The maximum atomic E-state index is 12.4. The Hall–Kier alpha value is -1.66. The van der Waals surface area contributed by atoms with Crippen LogP contribution in [-0.2, 0) is 23.8 Å². The Morgan fingerprint density at radius 3 is 2.77 bits per heavy atom. The summed E-state index contributed by atoms with van der Waals surface area (Å²) in [5.41, 5.74) is -0.269. The summed E-state index contributed by atoms with van der Waals surface area (Å²) in [6.45, 7) is 11.3. The third-order valence-electron chi connectivity index (χ3n) is 7.18. The molecule has 2 heterocycles. The molecule has 8 atom stereocenters. The van der Waals surface area contributed by atoms with Crippen molar-refractivity contribution >= 4 is 11.9 Å². The lowest BCUT2D eigenvalue weighted by Crippen LogP contribution is -2.65. The maximum Gasteiger partial charge on any atom is 0.334 e. The normalized spacial score (nSPS) is 49.7. The number of hydrogen-bond acceptors (Lipinski definition) is 6. The summed E-state index contributed by atoms with van der Waals surface area (Å²) in [7, 11) is 0. The predicted molar refractivity (Wildman–Crippen MR) is 91.9 cm³/mol. The average molecular weight is 362 g/mol. The Morgan fingerprint density at radius 2 is 2.12 bits per heavy atom. The zero-order valence-electron chi connectivity index (χ0n) is 15.7. The summed E-state index contributed by atoms with van der Waals surface area (Å²) >= 11 is 0. The minimum absolute atomic E-state index is 0.130. The van der Waals surface area contributed by atoms with E-state index in [9.17, 15) is 14.7 Å². The molecule has 6 heteroatoms. The Labute approximate surface area is 153 Å². The highest BCUT2D eigenvalue weighted by atomic mass is 16.6. The summed E-state index contributed by atoms with van der Waals surface area (Å²) < 4.78 is 17.3. The van der Waals surface area contributed by atoms with Crippen molar-refractivity contribution in [3.63, 3.8) is 0 Å². The molecule has 0 aromatic carbocycles. The van der Waals surface area contributed by atoms with Crippen LogP contribution in [0.3, 0.4) is 0 Å². The molecule has 0 amide bonds. The van der Waals surface area contributed by atoms with Crippen LogP contribution >= 0.6 is 0 Å². The predicted octanol–water partition coefficient (Wildman–Crippen LogP) is 1.91. The topological polar surface area (TPSA) is 85.4 Å². The Balaban J connectivity index is 1.75. The molecule has 0 spiro atoms. The van der Waals surface area contributed by atoms with Crippen molar-refractivity contribution < 1.29 is 28.9 Å². The molecule has 0 unspecified atom stereocenters. The summed E-state index contributed by atoms with van der Waals surface area (Å²) in [5, 5.41) is 11.3. The molecule has 1 N–H and O–H groups in total. The Morgan fingerprint density at radius 1 is 1.42 bits per heavy atom. The quantitative estimate of drug-likeness (QED) is 0.459. The van der Waals surface area contributed by atoms with E-state index in [1.807, 2.05) is 13.8 Å². The standard InChI is InChI=1S/C20H26O6/c1-6-9(2)17(22)25-14-12-10(3)18(23)24-13(12)15-19(4,16(14)21)8-7-11-20(15,5)26-11/h6,11-16,21H,3,7-8H2,1-2,4-5H3/b9-6+/t11-,12+,13-,14+,15-,16-,19+,20-/m1/s1. The highest BCUT2D eigenvalue weighted by Crippen LogP contribution is 2.65. The number of carbonyl (C=O) groups excluding carboxylic acids is 2. The van der Waals surface area contributed by atoms with Gasteiger partial charge >= 0.3 is 11.9 Å². The third kappa shape index (κ3) is 2.12. The lowest BCUT2D eigenvalue weighted by atomic mass is 9.51. The molecule has 4 rings (SSSR count). The Kier molecular flexibility index (Phi) is 3.70. The van der Waals surface area contributed by atoms with Crippen LogP contribution in [0.4, 0.5) is 0 Å². The first-order valence-electron chi connectivity index (χ1n) is 9.24. The number of hydrogen-bond donors (Lipinski definition) is 1. The van der Waals surface area contributed by atoms with E-state index in [2.05, 4.69) is 6.58 Å². The third-order valence-corrected chi connectivity index (χ3v) is 7.18. The lowest BCUT2D eigenvalue weighted by molar-refractivity contribution is -0.211. The van der Waals surface area contributed by atoms with E-state index in [1.165, 1.54) is 0 Å². The van der Waals surface area contributed by atoms with Crippen LogP contribution < -0.4 is 0 Å². The van der Waals surface area contributed by atoms with Crippen LogP contribution in [0.5, 0.6) is 0 Å². The fraction of sp³-hybridized carbons (Fsp3) is 0.700. The molecule has 2 aliphatic carbocycles. The highest BCUT2D eigenvalue weighted by molar-refractivity contribution is 5.92. The number of rotatable bonds is 2. The summed E-state index contributed by atoms with van der Waals surface area (Å²) in [6, 6.07) is 0. The Bertz CT molecular complexity index is 726. The molecular formula is C20H26O6. The number of esters is 2. The van der Waals surface area contributed by atoms with Gasteiger partial charge in [0.2, 0.25) is 0 Å². The van der Waals surface area contributed by atoms with Crippen molar-refractivity contribution in [2.45, 2.75) is 70.6 Å². The minimum atomic E-state index is -0.921. The fourth-order valence-corrected chi connectivity index (χ4v) is 5.49. The monoisotopic (exact) mass is 362 g/mol. The van der Waals surface area contributed by atoms with Crippen LogP contribution in [-0.4, -0.2) is 47.1 Å². The number of fused-ring (bicyclic) bond motifs is 5. The second-order valence-electron chi connectivity index (χ2n) is 8.52. The van der Waals surface area contributed by atoms with E-state index >= 15 is 0 Å². The van der Waals surface area contributed by atoms with E-state index < -0.39 is 47.2 Å². The number of aliphatic hydroxyl groups is 1. The summed E-state index contributed by atoms with van der Waals surface area (Å²) in [6.07, 6.45) is 1.07. The largest absolute Gasteiger partial charge is 0.458 e. The number of carbonyl (C=O) groups is 2. The van der Waals surface area contributed by atoms with Crippen LogP contribution in [0, 0.1) is 17.3 Å². The first-order chi connectivity index (χ1) is 12.1. The van der Waals surface area contributed by atoms with Gasteiger partial charge in [0.25, 0.3) is 0 Å². The molecule has 2 saturated carbocycles. The molecule has 0 bridgehead atoms. The van der Waals surface area contributed by atoms with Gasteiger partial charge in [0.1, 0.15) is 12.2 Å². The van der Waals surface area contributed by atoms with Crippen molar-refractivity contribution in [3.8, 4) is 0 Å². The van der Waals surface area contributed by atoms with Crippen molar-refractivity contribution in [2.75, 3.05) is 0 Å².